The Hall–Kier alpha value is -1.64. The molecule has 0 heterocycles. The highest BCUT2D eigenvalue weighted by Gasteiger charge is 2.36. The molecule has 25 heavy (non-hydrogen) atoms. The van der Waals surface area contributed by atoms with Crippen molar-refractivity contribution < 1.29 is 5.11 Å². The lowest BCUT2D eigenvalue weighted by Crippen LogP contribution is -2.40. The summed E-state index contributed by atoms with van der Waals surface area (Å²) < 4.78 is 0. The molecule has 1 unspecified atom stereocenters. The average molecular weight is 335 g/mol. The molecule has 2 nitrogen and oxygen atoms in total. The highest BCUT2D eigenvalue weighted by molar-refractivity contribution is 5.37. The zero-order chi connectivity index (χ0) is 17.3. The van der Waals surface area contributed by atoms with E-state index in [0.717, 1.165) is 25.2 Å². The third kappa shape index (κ3) is 3.65. The van der Waals surface area contributed by atoms with Crippen LogP contribution >= 0.6 is 0 Å². The molecule has 0 amide bonds. The summed E-state index contributed by atoms with van der Waals surface area (Å²) >= 11 is 0. The van der Waals surface area contributed by atoms with Crippen LogP contribution in [0.1, 0.15) is 53.9 Å². The monoisotopic (exact) mass is 335 g/mol. The number of nitrogens with two attached hydrogens (primary N) is 1. The first kappa shape index (κ1) is 16.8. The third-order valence-corrected chi connectivity index (χ3v) is 6.36. The molecule has 0 aromatic heterocycles. The van der Waals surface area contributed by atoms with E-state index in [1.54, 1.807) is 5.56 Å². The van der Waals surface area contributed by atoms with E-state index in [-0.39, 0.29) is 12.1 Å². The summed E-state index contributed by atoms with van der Waals surface area (Å²) in [6.45, 7) is 0.107. The van der Waals surface area contributed by atoms with Crippen LogP contribution in [0.25, 0.3) is 0 Å². The molecule has 2 aliphatic rings. The molecule has 0 bridgehead atoms. The van der Waals surface area contributed by atoms with Gasteiger partial charge in [-0.3, -0.25) is 0 Å². The van der Waals surface area contributed by atoms with Crippen molar-refractivity contribution in [3.63, 3.8) is 0 Å². The van der Waals surface area contributed by atoms with Crippen LogP contribution in [0, 0.1) is 5.92 Å². The van der Waals surface area contributed by atoms with E-state index in [4.69, 9.17) is 5.73 Å². The third-order valence-electron chi connectivity index (χ3n) is 6.36. The van der Waals surface area contributed by atoms with Crippen LogP contribution in [0.15, 0.2) is 48.5 Å². The fraction of sp³-hybridized carbons (Fsp3) is 0.478. The summed E-state index contributed by atoms with van der Waals surface area (Å²) in [4.78, 5) is 0. The molecule has 132 valence electrons. The summed E-state index contributed by atoms with van der Waals surface area (Å²) in [6.07, 6.45) is 7.83. The Morgan fingerprint density at radius 2 is 1.88 bits per heavy atom. The predicted molar refractivity (Wildman–Crippen MR) is 103 cm³/mol. The Bertz CT molecular complexity index is 726. The summed E-state index contributed by atoms with van der Waals surface area (Å²) in [6, 6.07) is 18.0. The van der Waals surface area contributed by atoms with Crippen molar-refractivity contribution in [2.24, 2.45) is 11.7 Å². The first-order valence-corrected chi connectivity index (χ1v) is 9.70. The Balaban J connectivity index is 1.45. The highest BCUT2D eigenvalue weighted by Crippen LogP contribution is 2.40. The maximum atomic E-state index is 9.51. The molecule has 2 heteroatoms. The smallest absolute Gasteiger partial charge is 0.0611 e. The SMILES string of the molecule is N[C@]1(CO)CC[C@H](c2ccc3c(c2)CCC(Cc2ccccc2)C3)C1. The standard InChI is InChI=1S/C23H29NO/c24-23(16-25)11-10-22(15-23)21-9-8-19-13-18(6-7-20(19)14-21)12-17-4-2-1-3-5-17/h1-5,8-9,14,18,22,25H,6-7,10-13,15-16,24H2/t18?,22-,23+/m0/s1. The Kier molecular flexibility index (Phi) is 4.66. The van der Waals surface area contributed by atoms with Crippen LogP contribution < -0.4 is 5.73 Å². The summed E-state index contributed by atoms with van der Waals surface area (Å²) in [7, 11) is 0. The van der Waals surface area contributed by atoms with Crippen molar-refractivity contribution in [3.05, 3.63) is 70.8 Å². The van der Waals surface area contributed by atoms with Gasteiger partial charge in [0.1, 0.15) is 0 Å². The van der Waals surface area contributed by atoms with Gasteiger partial charge in [-0.25, -0.2) is 0 Å². The van der Waals surface area contributed by atoms with Gasteiger partial charge in [-0.2, -0.15) is 0 Å². The molecule has 4 rings (SSSR count). The number of aryl methyl sites for hydroxylation is 1. The predicted octanol–water partition coefficient (Wildman–Crippen LogP) is 3.99. The first-order valence-electron chi connectivity index (χ1n) is 9.70. The van der Waals surface area contributed by atoms with Crippen molar-refractivity contribution in [3.8, 4) is 0 Å². The molecule has 3 atom stereocenters. The Labute approximate surface area is 151 Å². The first-order chi connectivity index (χ1) is 12.1. The molecule has 3 N–H and O–H groups in total. The van der Waals surface area contributed by atoms with Gasteiger partial charge in [-0.15, -0.1) is 0 Å². The van der Waals surface area contributed by atoms with Gasteiger partial charge in [-0.05, 0) is 79.0 Å². The van der Waals surface area contributed by atoms with Gasteiger partial charge >= 0.3 is 0 Å². The van der Waals surface area contributed by atoms with Gasteiger partial charge in [0.15, 0.2) is 0 Å². The Morgan fingerprint density at radius 3 is 2.64 bits per heavy atom. The molecule has 1 saturated carbocycles. The van der Waals surface area contributed by atoms with Gasteiger partial charge in [0.25, 0.3) is 0 Å². The quantitative estimate of drug-likeness (QED) is 0.887. The second kappa shape index (κ2) is 6.93. The summed E-state index contributed by atoms with van der Waals surface area (Å²) in [5, 5.41) is 9.51. The van der Waals surface area contributed by atoms with Crippen LogP contribution in [0.2, 0.25) is 0 Å². The maximum absolute atomic E-state index is 9.51. The Morgan fingerprint density at radius 1 is 1.04 bits per heavy atom. The molecule has 0 aliphatic heterocycles. The minimum Gasteiger partial charge on any atom is -0.394 e. The fourth-order valence-electron chi connectivity index (χ4n) is 4.81. The number of benzene rings is 2. The van der Waals surface area contributed by atoms with Gasteiger partial charge in [-0.1, -0.05) is 48.5 Å². The lowest BCUT2D eigenvalue weighted by atomic mass is 9.79. The minimum atomic E-state index is -0.360. The van der Waals surface area contributed by atoms with E-state index >= 15 is 0 Å². The molecule has 0 saturated heterocycles. The normalized spacial score (nSPS) is 28.7. The van der Waals surface area contributed by atoms with Crippen molar-refractivity contribution in [1.29, 1.82) is 0 Å². The topological polar surface area (TPSA) is 46.2 Å². The molecule has 0 radical (unpaired) electrons. The largest absolute Gasteiger partial charge is 0.394 e. The van der Waals surface area contributed by atoms with Gasteiger partial charge in [0.05, 0.1) is 6.61 Å². The van der Waals surface area contributed by atoms with Crippen molar-refractivity contribution in [2.75, 3.05) is 6.61 Å². The van der Waals surface area contributed by atoms with E-state index in [1.807, 2.05) is 0 Å². The minimum absolute atomic E-state index is 0.107. The molecular formula is C23H29NO. The van der Waals surface area contributed by atoms with Crippen LogP contribution in [-0.4, -0.2) is 17.3 Å². The number of rotatable bonds is 4. The van der Waals surface area contributed by atoms with Crippen LogP contribution in [-0.2, 0) is 19.3 Å². The van der Waals surface area contributed by atoms with Crippen molar-refractivity contribution >= 4 is 0 Å². The lowest BCUT2D eigenvalue weighted by molar-refractivity contribution is 0.198. The van der Waals surface area contributed by atoms with Crippen LogP contribution in [0.5, 0.6) is 0 Å². The van der Waals surface area contributed by atoms with E-state index < -0.39 is 0 Å². The molecule has 0 spiro atoms. The molecule has 1 fully saturated rings. The number of fused-ring (bicyclic) bond motifs is 1. The number of hydrogen-bond donors (Lipinski definition) is 2. The summed E-state index contributed by atoms with van der Waals surface area (Å²) in [5.41, 5.74) is 11.9. The molecule has 2 aromatic rings. The highest BCUT2D eigenvalue weighted by atomic mass is 16.3. The average Bonchev–Trinajstić information content (AvgIpc) is 3.05. The van der Waals surface area contributed by atoms with Gasteiger partial charge in [0.2, 0.25) is 0 Å². The number of aliphatic hydroxyl groups is 1. The number of aliphatic hydroxyl groups excluding tert-OH is 1. The van der Waals surface area contributed by atoms with Crippen molar-refractivity contribution in [2.45, 2.75) is 56.4 Å². The van der Waals surface area contributed by atoms with E-state index in [0.29, 0.717) is 5.92 Å². The van der Waals surface area contributed by atoms with Gasteiger partial charge < -0.3 is 10.8 Å². The fourth-order valence-corrected chi connectivity index (χ4v) is 4.81. The van der Waals surface area contributed by atoms with E-state index in [9.17, 15) is 5.11 Å². The van der Waals surface area contributed by atoms with Crippen molar-refractivity contribution in [1.82, 2.24) is 0 Å². The van der Waals surface area contributed by atoms with Crippen LogP contribution in [0.3, 0.4) is 0 Å². The second-order valence-electron chi connectivity index (χ2n) is 8.29. The zero-order valence-electron chi connectivity index (χ0n) is 15.0. The summed E-state index contributed by atoms with van der Waals surface area (Å²) in [5.74, 6) is 1.28. The molecular weight excluding hydrogens is 306 g/mol. The van der Waals surface area contributed by atoms with Gasteiger partial charge in [0, 0.05) is 5.54 Å². The molecule has 2 aromatic carbocycles. The maximum Gasteiger partial charge on any atom is 0.0611 e. The van der Waals surface area contributed by atoms with E-state index in [2.05, 4.69) is 48.5 Å². The zero-order valence-corrected chi connectivity index (χ0v) is 15.0. The van der Waals surface area contributed by atoms with E-state index in [1.165, 1.54) is 42.4 Å². The second-order valence-corrected chi connectivity index (χ2v) is 8.29. The molecule has 2 aliphatic carbocycles. The number of hydrogen-bond acceptors (Lipinski definition) is 2. The lowest BCUT2D eigenvalue weighted by Gasteiger charge is -2.26. The van der Waals surface area contributed by atoms with Crippen LogP contribution in [0.4, 0.5) is 0 Å².